The Morgan fingerprint density at radius 3 is 2.67 bits per heavy atom. The minimum absolute atomic E-state index is 0.512. The van der Waals surface area contributed by atoms with Gasteiger partial charge in [-0.05, 0) is 46.2 Å². The number of nitrogens with zero attached hydrogens (tertiary/aromatic N) is 4. The summed E-state index contributed by atoms with van der Waals surface area (Å²) in [5, 5.41) is 0. The lowest BCUT2D eigenvalue weighted by Gasteiger charge is -2.32. The molecule has 1 atom stereocenters. The van der Waals surface area contributed by atoms with Crippen molar-refractivity contribution in [1.82, 2.24) is 14.9 Å². The zero-order chi connectivity index (χ0) is 15.0. The van der Waals surface area contributed by atoms with E-state index in [2.05, 4.69) is 35.7 Å². The number of aromatic nitrogens is 2. The van der Waals surface area contributed by atoms with Gasteiger partial charge >= 0.3 is 0 Å². The Morgan fingerprint density at radius 1 is 1.24 bits per heavy atom. The van der Waals surface area contributed by atoms with Gasteiger partial charge in [0.25, 0.3) is 0 Å². The Kier molecular flexibility index (Phi) is 4.02. The molecule has 3 rings (SSSR count). The van der Waals surface area contributed by atoms with Crippen molar-refractivity contribution in [2.75, 3.05) is 37.3 Å². The fourth-order valence-corrected chi connectivity index (χ4v) is 3.21. The third-order valence-electron chi connectivity index (χ3n) is 4.76. The third kappa shape index (κ3) is 2.98. The Labute approximate surface area is 127 Å². The monoisotopic (exact) mass is 289 g/mol. The van der Waals surface area contributed by atoms with Gasteiger partial charge in [0.05, 0.1) is 0 Å². The summed E-state index contributed by atoms with van der Waals surface area (Å²) in [5.74, 6) is 3.24. The van der Waals surface area contributed by atoms with Crippen molar-refractivity contribution in [1.29, 1.82) is 0 Å². The maximum absolute atomic E-state index is 6.16. The van der Waals surface area contributed by atoms with Crippen molar-refractivity contribution in [2.45, 2.75) is 51.5 Å². The standard InChI is InChI=1S/C16H27N5/c1-4-13-10-20(3)8-5-9-21(13)16-11(2)14(17)18-15(19-16)12-6-7-12/h12-13H,4-10H2,1-3H3,(H2,17,18,19). The molecular weight excluding hydrogens is 262 g/mol. The van der Waals surface area contributed by atoms with Gasteiger partial charge in [0.2, 0.25) is 0 Å². The first-order chi connectivity index (χ1) is 10.1. The van der Waals surface area contributed by atoms with Gasteiger partial charge in [-0.2, -0.15) is 0 Å². The fourth-order valence-electron chi connectivity index (χ4n) is 3.21. The van der Waals surface area contributed by atoms with Crippen LogP contribution in [0.3, 0.4) is 0 Å². The van der Waals surface area contributed by atoms with Crippen LogP contribution in [0.5, 0.6) is 0 Å². The lowest BCUT2D eigenvalue weighted by atomic mass is 10.1. The Bertz CT molecular complexity index is 512. The zero-order valence-corrected chi connectivity index (χ0v) is 13.5. The molecule has 0 radical (unpaired) electrons. The number of rotatable bonds is 3. The molecule has 1 unspecified atom stereocenters. The quantitative estimate of drug-likeness (QED) is 0.924. The van der Waals surface area contributed by atoms with E-state index in [0.717, 1.165) is 43.3 Å². The molecule has 1 aromatic rings. The molecule has 5 nitrogen and oxygen atoms in total. The van der Waals surface area contributed by atoms with Gasteiger partial charge in [0.1, 0.15) is 17.5 Å². The molecule has 0 amide bonds. The molecule has 1 aliphatic carbocycles. The fraction of sp³-hybridized carbons (Fsp3) is 0.750. The number of anilines is 2. The van der Waals surface area contributed by atoms with Crippen LogP contribution in [0.25, 0.3) is 0 Å². The average molecular weight is 289 g/mol. The summed E-state index contributed by atoms with van der Waals surface area (Å²) in [6.45, 7) is 7.63. The van der Waals surface area contributed by atoms with Crippen molar-refractivity contribution >= 4 is 11.6 Å². The first-order valence-electron chi connectivity index (χ1n) is 8.19. The van der Waals surface area contributed by atoms with E-state index in [-0.39, 0.29) is 0 Å². The molecule has 1 saturated carbocycles. The van der Waals surface area contributed by atoms with Gasteiger partial charge in [0.15, 0.2) is 0 Å². The van der Waals surface area contributed by atoms with Gasteiger partial charge in [0, 0.05) is 30.6 Å². The predicted octanol–water partition coefficient (Wildman–Crippen LogP) is 2.17. The number of nitrogen functional groups attached to an aromatic ring is 1. The molecular formula is C16H27N5. The van der Waals surface area contributed by atoms with Gasteiger partial charge in [-0.15, -0.1) is 0 Å². The summed E-state index contributed by atoms with van der Waals surface area (Å²) in [5.41, 5.74) is 7.20. The average Bonchev–Trinajstić information content (AvgIpc) is 3.29. The first-order valence-corrected chi connectivity index (χ1v) is 8.19. The maximum Gasteiger partial charge on any atom is 0.137 e. The van der Waals surface area contributed by atoms with Crippen LogP contribution in [-0.2, 0) is 0 Å². The van der Waals surface area contributed by atoms with E-state index < -0.39 is 0 Å². The topological polar surface area (TPSA) is 58.3 Å². The zero-order valence-electron chi connectivity index (χ0n) is 13.5. The SMILES string of the molecule is CCC1CN(C)CCCN1c1nc(C2CC2)nc(N)c1C. The molecule has 1 aliphatic heterocycles. The highest BCUT2D eigenvalue weighted by atomic mass is 15.3. The lowest BCUT2D eigenvalue weighted by Crippen LogP contribution is -2.41. The Morgan fingerprint density at radius 2 is 2.00 bits per heavy atom. The minimum Gasteiger partial charge on any atom is -0.383 e. The van der Waals surface area contributed by atoms with E-state index in [9.17, 15) is 0 Å². The molecule has 21 heavy (non-hydrogen) atoms. The highest BCUT2D eigenvalue weighted by Crippen LogP contribution is 2.40. The molecule has 116 valence electrons. The van der Waals surface area contributed by atoms with Gasteiger partial charge < -0.3 is 15.5 Å². The van der Waals surface area contributed by atoms with E-state index in [4.69, 9.17) is 10.7 Å². The van der Waals surface area contributed by atoms with Crippen LogP contribution in [0.15, 0.2) is 0 Å². The van der Waals surface area contributed by atoms with Crippen LogP contribution in [-0.4, -0.2) is 47.6 Å². The second kappa shape index (κ2) is 5.79. The second-order valence-corrected chi connectivity index (χ2v) is 6.56. The van der Waals surface area contributed by atoms with E-state index in [1.54, 1.807) is 0 Å². The van der Waals surface area contributed by atoms with E-state index in [0.29, 0.717) is 17.8 Å². The molecule has 2 N–H and O–H groups in total. The summed E-state index contributed by atoms with van der Waals surface area (Å²) >= 11 is 0. The summed E-state index contributed by atoms with van der Waals surface area (Å²) < 4.78 is 0. The normalized spacial score (nSPS) is 24.1. The smallest absolute Gasteiger partial charge is 0.137 e. The number of nitrogens with two attached hydrogens (primary N) is 1. The molecule has 2 aliphatic rings. The van der Waals surface area contributed by atoms with Crippen molar-refractivity contribution in [3.8, 4) is 0 Å². The van der Waals surface area contributed by atoms with Gasteiger partial charge in [-0.25, -0.2) is 9.97 Å². The number of hydrogen-bond donors (Lipinski definition) is 1. The largest absolute Gasteiger partial charge is 0.383 e. The summed E-state index contributed by atoms with van der Waals surface area (Å²) in [4.78, 5) is 14.3. The molecule has 2 heterocycles. The highest BCUT2D eigenvalue weighted by molar-refractivity contribution is 5.57. The van der Waals surface area contributed by atoms with E-state index in [1.165, 1.54) is 19.3 Å². The Hall–Kier alpha value is -1.36. The van der Waals surface area contributed by atoms with Crippen LogP contribution in [0.4, 0.5) is 11.6 Å². The van der Waals surface area contributed by atoms with Gasteiger partial charge in [-0.1, -0.05) is 6.92 Å². The molecule has 0 spiro atoms. The molecule has 1 aromatic heterocycles. The van der Waals surface area contributed by atoms with Crippen LogP contribution >= 0.6 is 0 Å². The summed E-state index contributed by atoms with van der Waals surface area (Å²) in [7, 11) is 2.21. The molecule has 5 heteroatoms. The van der Waals surface area contributed by atoms with Crippen LogP contribution < -0.4 is 10.6 Å². The van der Waals surface area contributed by atoms with Crippen molar-refractivity contribution in [3.05, 3.63) is 11.4 Å². The first kappa shape index (κ1) is 14.6. The number of hydrogen-bond acceptors (Lipinski definition) is 5. The summed E-state index contributed by atoms with van der Waals surface area (Å²) in [6.07, 6.45) is 4.73. The number of likely N-dealkylation sites (N-methyl/N-ethyl adjacent to an activating group) is 1. The highest BCUT2D eigenvalue weighted by Gasteiger charge is 2.30. The van der Waals surface area contributed by atoms with Crippen molar-refractivity contribution < 1.29 is 0 Å². The minimum atomic E-state index is 0.512. The van der Waals surface area contributed by atoms with Crippen LogP contribution in [0.2, 0.25) is 0 Å². The van der Waals surface area contributed by atoms with Crippen molar-refractivity contribution in [3.63, 3.8) is 0 Å². The predicted molar refractivity (Wildman–Crippen MR) is 86.7 cm³/mol. The van der Waals surface area contributed by atoms with E-state index in [1.807, 2.05) is 0 Å². The molecule has 0 aromatic carbocycles. The second-order valence-electron chi connectivity index (χ2n) is 6.56. The third-order valence-corrected chi connectivity index (χ3v) is 4.76. The molecule has 0 bridgehead atoms. The summed E-state index contributed by atoms with van der Waals surface area (Å²) in [6, 6.07) is 0.512. The van der Waals surface area contributed by atoms with Crippen LogP contribution in [0, 0.1) is 6.92 Å². The maximum atomic E-state index is 6.16. The van der Waals surface area contributed by atoms with Crippen molar-refractivity contribution in [2.24, 2.45) is 0 Å². The van der Waals surface area contributed by atoms with Crippen LogP contribution in [0.1, 0.15) is 49.9 Å². The molecule has 1 saturated heterocycles. The Balaban J connectivity index is 1.96. The lowest BCUT2D eigenvalue weighted by molar-refractivity contribution is 0.327. The molecule has 2 fully saturated rings. The van der Waals surface area contributed by atoms with E-state index >= 15 is 0 Å². The van der Waals surface area contributed by atoms with Gasteiger partial charge in [-0.3, -0.25) is 0 Å².